The molecule has 0 bridgehead atoms. The quantitative estimate of drug-likeness (QED) is 0.562. The van der Waals surface area contributed by atoms with Gasteiger partial charge in [-0.25, -0.2) is 0 Å². The lowest BCUT2D eigenvalue weighted by molar-refractivity contribution is 0.573. The van der Waals surface area contributed by atoms with Crippen molar-refractivity contribution in [2.24, 2.45) is 0 Å². The lowest BCUT2D eigenvalue weighted by atomic mass is 9.80. The molecule has 0 saturated carbocycles. The second-order valence-electron chi connectivity index (χ2n) is 6.53. The van der Waals surface area contributed by atoms with Crippen molar-refractivity contribution in [3.8, 4) is 0 Å². The molecule has 0 heteroatoms. The molecule has 92 valence electrons. The molecule has 1 aromatic carbocycles. The molecule has 0 unspecified atom stereocenters. The Morgan fingerprint density at radius 1 is 0.812 bits per heavy atom. The molecule has 0 atom stereocenters. The highest BCUT2D eigenvalue weighted by Gasteiger charge is 2.19. The Labute approximate surface area is 102 Å². The van der Waals surface area contributed by atoms with E-state index < -0.39 is 0 Å². The summed E-state index contributed by atoms with van der Waals surface area (Å²) in [5.74, 6) is 0. The van der Waals surface area contributed by atoms with Crippen LogP contribution in [-0.2, 0) is 10.8 Å². The van der Waals surface area contributed by atoms with Crippen LogP contribution in [0.5, 0.6) is 0 Å². The molecule has 0 nitrogen and oxygen atoms in total. The van der Waals surface area contributed by atoms with Gasteiger partial charge in [-0.3, -0.25) is 0 Å². The van der Waals surface area contributed by atoms with Gasteiger partial charge >= 0.3 is 0 Å². The van der Waals surface area contributed by atoms with E-state index in [9.17, 15) is 0 Å². The Morgan fingerprint density at radius 3 is 1.62 bits per heavy atom. The zero-order valence-electron chi connectivity index (χ0n) is 11.2. The molecule has 1 aromatic rings. The molecule has 0 N–H and O–H groups in total. The predicted octanol–water partition coefficient (Wildman–Crippen LogP) is 5.23. The average molecular weight is 220 g/mol. The first-order valence-corrected chi connectivity index (χ1v) is 5.74. The predicted molar refractivity (Wildman–Crippen MR) is 75.3 cm³/mol. The Morgan fingerprint density at radius 2 is 1.31 bits per heavy atom. The van der Waals surface area contributed by atoms with Gasteiger partial charge in [0.05, 0.1) is 0 Å². The number of benzene rings is 1. The van der Waals surface area contributed by atoms with E-state index in [1.54, 1.807) is 0 Å². The minimum atomic E-state index is 0. The van der Waals surface area contributed by atoms with Crippen molar-refractivity contribution in [1.82, 2.24) is 0 Å². The van der Waals surface area contributed by atoms with Crippen LogP contribution in [0, 0.1) is 6.92 Å². The van der Waals surface area contributed by atoms with Gasteiger partial charge < -0.3 is 0 Å². The van der Waals surface area contributed by atoms with E-state index >= 15 is 0 Å². The van der Waals surface area contributed by atoms with Gasteiger partial charge in [0.15, 0.2) is 0 Å². The second kappa shape index (κ2) is 4.61. The van der Waals surface area contributed by atoms with E-state index in [4.69, 9.17) is 0 Å². The molecular weight excluding hydrogens is 192 g/mol. The minimum absolute atomic E-state index is 0. The van der Waals surface area contributed by atoms with Crippen molar-refractivity contribution < 1.29 is 0 Å². The summed E-state index contributed by atoms with van der Waals surface area (Å²) in [6.45, 7) is 15.8. The molecular formula is C16H28. The molecule has 0 aliphatic carbocycles. The minimum Gasteiger partial charge on any atom is -0.0776 e. The fourth-order valence-electron chi connectivity index (χ4n) is 1.97. The van der Waals surface area contributed by atoms with Crippen molar-refractivity contribution in [2.75, 3.05) is 0 Å². The summed E-state index contributed by atoms with van der Waals surface area (Å²) in [5, 5.41) is 0. The number of aryl methyl sites for hydroxylation is 1. The van der Waals surface area contributed by atoms with Gasteiger partial charge in [0.2, 0.25) is 0 Å². The van der Waals surface area contributed by atoms with Gasteiger partial charge in [-0.1, -0.05) is 67.2 Å². The van der Waals surface area contributed by atoms with E-state index in [1.807, 2.05) is 0 Å². The standard InChI is InChI=1S/C15H24.CH4/c1-11-10-12(14(2,3)4)8-9-13(11)15(5,6)7;/h8-10H,1-7H3;1H4. The molecule has 1 rings (SSSR count). The Balaban J connectivity index is 0.00000225. The van der Waals surface area contributed by atoms with E-state index in [1.165, 1.54) is 16.7 Å². The van der Waals surface area contributed by atoms with E-state index in [2.05, 4.69) is 66.7 Å². The summed E-state index contributed by atoms with van der Waals surface area (Å²) < 4.78 is 0. The van der Waals surface area contributed by atoms with Gasteiger partial charge in [0.1, 0.15) is 0 Å². The van der Waals surface area contributed by atoms with Crippen molar-refractivity contribution >= 4 is 0 Å². The molecule has 16 heavy (non-hydrogen) atoms. The van der Waals surface area contributed by atoms with Gasteiger partial charge in [0.25, 0.3) is 0 Å². The molecule has 0 radical (unpaired) electrons. The van der Waals surface area contributed by atoms with Crippen LogP contribution in [0.1, 0.15) is 65.7 Å². The SMILES string of the molecule is C.Cc1cc(C(C)(C)C)ccc1C(C)(C)C. The summed E-state index contributed by atoms with van der Waals surface area (Å²) in [6.07, 6.45) is 0. The number of rotatable bonds is 0. The first-order chi connectivity index (χ1) is 6.62. The van der Waals surface area contributed by atoms with Crippen LogP contribution < -0.4 is 0 Å². The maximum Gasteiger partial charge on any atom is -0.0129 e. The van der Waals surface area contributed by atoms with Crippen molar-refractivity contribution in [3.63, 3.8) is 0 Å². The largest absolute Gasteiger partial charge is 0.0776 e. The fraction of sp³-hybridized carbons (Fsp3) is 0.625. The average Bonchev–Trinajstić information content (AvgIpc) is 1.99. The summed E-state index contributed by atoms with van der Waals surface area (Å²) in [4.78, 5) is 0. The molecule has 0 heterocycles. The third-order valence-corrected chi connectivity index (χ3v) is 2.90. The first kappa shape index (κ1) is 15.2. The van der Waals surface area contributed by atoms with Crippen LogP contribution in [0.25, 0.3) is 0 Å². The van der Waals surface area contributed by atoms with E-state index in [0.717, 1.165) is 0 Å². The summed E-state index contributed by atoms with van der Waals surface area (Å²) in [6, 6.07) is 6.89. The molecule has 0 aliphatic heterocycles. The Hall–Kier alpha value is -0.780. The Kier molecular flexibility index (Phi) is 4.38. The van der Waals surface area contributed by atoms with Crippen LogP contribution in [0.2, 0.25) is 0 Å². The Bertz CT molecular complexity index is 345. The maximum atomic E-state index is 2.33. The highest BCUT2D eigenvalue weighted by molar-refractivity contribution is 5.37. The first-order valence-electron chi connectivity index (χ1n) is 5.74. The molecule has 0 amide bonds. The van der Waals surface area contributed by atoms with E-state index in [0.29, 0.717) is 0 Å². The topological polar surface area (TPSA) is 0 Å². The van der Waals surface area contributed by atoms with Gasteiger partial charge in [-0.15, -0.1) is 0 Å². The van der Waals surface area contributed by atoms with Gasteiger partial charge in [-0.05, 0) is 34.4 Å². The third-order valence-electron chi connectivity index (χ3n) is 2.90. The van der Waals surface area contributed by atoms with Crippen LogP contribution in [0.3, 0.4) is 0 Å². The van der Waals surface area contributed by atoms with Crippen LogP contribution >= 0.6 is 0 Å². The van der Waals surface area contributed by atoms with Crippen LogP contribution in [0.15, 0.2) is 18.2 Å². The van der Waals surface area contributed by atoms with Gasteiger partial charge in [-0.2, -0.15) is 0 Å². The molecule has 0 aromatic heterocycles. The van der Waals surface area contributed by atoms with Crippen molar-refractivity contribution in [2.45, 2.75) is 66.7 Å². The normalized spacial score (nSPS) is 12.2. The zero-order chi connectivity index (χ0) is 11.9. The number of hydrogen-bond acceptors (Lipinski definition) is 0. The molecule has 0 aliphatic rings. The van der Waals surface area contributed by atoms with Crippen molar-refractivity contribution in [1.29, 1.82) is 0 Å². The summed E-state index contributed by atoms with van der Waals surface area (Å²) >= 11 is 0. The highest BCUT2D eigenvalue weighted by Crippen LogP contribution is 2.30. The lowest BCUT2D eigenvalue weighted by Crippen LogP contribution is -2.16. The smallest absolute Gasteiger partial charge is 0.0129 e. The molecule has 0 fully saturated rings. The van der Waals surface area contributed by atoms with Crippen molar-refractivity contribution in [3.05, 3.63) is 34.9 Å². The summed E-state index contributed by atoms with van der Waals surface area (Å²) in [5.41, 5.74) is 4.79. The van der Waals surface area contributed by atoms with Gasteiger partial charge in [0, 0.05) is 0 Å². The van der Waals surface area contributed by atoms with Crippen LogP contribution in [-0.4, -0.2) is 0 Å². The number of hydrogen-bond donors (Lipinski definition) is 0. The summed E-state index contributed by atoms with van der Waals surface area (Å²) in [7, 11) is 0. The van der Waals surface area contributed by atoms with E-state index in [-0.39, 0.29) is 18.3 Å². The maximum absolute atomic E-state index is 2.33. The zero-order valence-corrected chi connectivity index (χ0v) is 11.2. The second-order valence-corrected chi connectivity index (χ2v) is 6.53. The fourth-order valence-corrected chi connectivity index (χ4v) is 1.97. The lowest BCUT2D eigenvalue weighted by Gasteiger charge is -2.25. The van der Waals surface area contributed by atoms with Crippen LogP contribution in [0.4, 0.5) is 0 Å². The highest BCUT2D eigenvalue weighted by atomic mass is 14.2. The monoisotopic (exact) mass is 220 g/mol. The molecule has 0 saturated heterocycles. The molecule has 0 spiro atoms. The third kappa shape index (κ3) is 3.37.